The standard InChI is InChI=1S/C18H20ClFN2O4S/c1-13(22(27(2,24)25)16-7-5-15(20)6-8-16)18(23)21-11-12-26-17-9-3-14(19)4-10-17/h3-10,13H,11-12H2,1-2H3,(H,21,23). The Kier molecular flexibility index (Phi) is 7.04. The fourth-order valence-electron chi connectivity index (χ4n) is 2.42. The number of hydrogen-bond acceptors (Lipinski definition) is 4. The van der Waals surface area contributed by atoms with Crippen molar-refractivity contribution >= 4 is 33.2 Å². The van der Waals surface area contributed by atoms with Gasteiger partial charge in [0.2, 0.25) is 15.9 Å². The molecule has 2 aromatic rings. The molecular formula is C18H20ClFN2O4S. The summed E-state index contributed by atoms with van der Waals surface area (Å²) in [6.45, 7) is 1.85. The smallest absolute Gasteiger partial charge is 0.243 e. The molecule has 1 N–H and O–H groups in total. The zero-order valence-corrected chi connectivity index (χ0v) is 16.4. The van der Waals surface area contributed by atoms with Crippen molar-refractivity contribution in [3.05, 3.63) is 59.4 Å². The predicted octanol–water partition coefficient (Wildman–Crippen LogP) is 2.83. The Morgan fingerprint density at radius 2 is 1.78 bits per heavy atom. The number of halogens is 2. The summed E-state index contributed by atoms with van der Waals surface area (Å²) >= 11 is 5.79. The number of carbonyl (C=O) groups is 1. The van der Waals surface area contributed by atoms with Gasteiger partial charge in [-0.15, -0.1) is 0 Å². The Morgan fingerprint density at radius 1 is 1.19 bits per heavy atom. The number of sulfonamides is 1. The van der Waals surface area contributed by atoms with Crippen molar-refractivity contribution in [3.63, 3.8) is 0 Å². The lowest BCUT2D eigenvalue weighted by molar-refractivity contribution is -0.121. The Labute approximate surface area is 162 Å². The number of benzene rings is 2. The summed E-state index contributed by atoms with van der Waals surface area (Å²) in [6, 6.07) is 10.7. The van der Waals surface area contributed by atoms with Gasteiger partial charge in [0.1, 0.15) is 24.2 Å². The first-order valence-electron chi connectivity index (χ1n) is 8.09. The number of nitrogens with one attached hydrogen (secondary N) is 1. The Hall–Kier alpha value is -2.32. The second-order valence-corrected chi connectivity index (χ2v) is 8.10. The topological polar surface area (TPSA) is 75.7 Å². The SMILES string of the molecule is CC(C(=O)NCCOc1ccc(Cl)cc1)N(c1ccc(F)cc1)S(C)(=O)=O. The average Bonchev–Trinajstić information content (AvgIpc) is 2.60. The molecule has 2 aromatic carbocycles. The minimum atomic E-state index is -3.75. The molecule has 27 heavy (non-hydrogen) atoms. The molecule has 0 aromatic heterocycles. The number of nitrogens with zero attached hydrogens (tertiary/aromatic N) is 1. The van der Waals surface area contributed by atoms with Crippen LogP contribution in [-0.2, 0) is 14.8 Å². The molecule has 2 rings (SSSR count). The molecule has 6 nitrogen and oxygen atoms in total. The fraction of sp³-hybridized carbons (Fsp3) is 0.278. The first-order chi connectivity index (χ1) is 12.7. The maximum atomic E-state index is 13.1. The summed E-state index contributed by atoms with van der Waals surface area (Å²) in [5.41, 5.74) is 0.207. The van der Waals surface area contributed by atoms with E-state index in [0.717, 1.165) is 22.7 Å². The monoisotopic (exact) mass is 414 g/mol. The van der Waals surface area contributed by atoms with Crippen molar-refractivity contribution in [2.24, 2.45) is 0 Å². The summed E-state index contributed by atoms with van der Waals surface area (Å²) in [4.78, 5) is 12.4. The highest BCUT2D eigenvalue weighted by Crippen LogP contribution is 2.21. The van der Waals surface area contributed by atoms with E-state index in [9.17, 15) is 17.6 Å². The van der Waals surface area contributed by atoms with E-state index in [1.165, 1.54) is 19.1 Å². The van der Waals surface area contributed by atoms with Gasteiger partial charge in [-0.25, -0.2) is 12.8 Å². The van der Waals surface area contributed by atoms with E-state index in [-0.39, 0.29) is 18.8 Å². The van der Waals surface area contributed by atoms with Crippen molar-refractivity contribution in [1.82, 2.24) is 5.32 Å². The first-order valence-corrected chi connectivity index (χ1v) is 10.3. The van der Waals surface area contributed by atoms with Crippen LogP contribution in [0.15, 0.2) is 48.5 Å². The van der Waals surface area contributed by atoms with Gasteiger partial charge in [-0.3, -0.25) is 9.10 Å². The number of rotatable bonds is 8. The van der Waals surface area contributed by atoms with E-state index in [1.54, 1.807) is 24.3 Å². The molecule has 0 spiro atoms. The Balaban J connectivity index is 1.96. The van der Waals surface area contributed by atoms with Gasteiger partial charge in [0, 0.05) is 5.02 Å². The molecule has 1 amide bonds. The normalized spacial score (nSPS) is 12.3. The number of carbonyl (C=O) groups excluding carboxylic acids is 1. The molecule has 0 saturated heterocycles. The summed E-state index contributed by atoms with van der Waals surface area (Å²) in [5, 5.41) is 3.22. The van der Waals surface area contributed by atoms with Crippen LogP contribution in [0.4, 0.5) is 10.1 Å². The Morgan fingerprint density at radius 3 is 2.33 bits per heavy atom. The van der Waals surface area contributed by atoms with Gasteiger partial charge >= 0.3 is 0 Å². The Bertz CT molecular complexity index is 873. The van der Waals surface area contributed by atoms with Crippen LogP contribution in [0.3, 0.4) is 0 Å². The van der Waals surface area contributed by atoms with Gasteiger partial charge in [0.05, 0.1) is 18.5 Å². The molecular weight excluding hydrogens is 395 g/mol. The zero-order valence-electron chi connectivity index (χ0n) is 14.9. The molecule has 0 radical (unpaired) electrons. The van der Waals surface area contributed by atoms with Crippen LogP contribution in [0, 0.1) is 5.82 Å². The molecule has 1 unspecified atom stereocenters. The summed E-state index contributed by atoms with van der Waals surface area (Å²) < 4.78 is 43.8. The van der Waals surface area contributed by atoms with Crippen molar-refractivity contribution in [3.8, 4) is 5.75 Å². The van der Waals surface area contributed by atoms with Gasteiger partial charge in [0.25, 0.3) is 0 Å². The van der Waals surface area contributed by atoms with Crippen LogP contribution in [0.25, 0.3) is 0 Å². The van der Waals surface area contributed by atoms with Crippen LogP contribution >= 0.6 is 11.6 Å². The lowest BCUT2D eigenvalue weighted by atomic mass is 10.2. The van der Waals surface area contributed by atoms with Crippen LogP contribution < -0.4 is 14.4 Å². The number of hydrogen-bond donors (Lipinski definition) is 1. The lowest BCUT2D eigenvalue weighted by Crippen LogP contribution is -2.48. The van der Waals surface area contributed by atoms with Gasteiger partial charge in [0.15, 0.2) is 0 Å². The number of amides is 1. The van der Waals surface area contributed by atoms with E-state index >= 15 is 0 Å². The molecule has 0 saturated carbocycles. The minimum Gasteiger partial charge on any atom is -0.492 e. The molecule has 0 fully saturated rings. The molecule has 0 aliphatic rings. The van der Waals surface area contributed by atoms with Gasteiger partial charge in [-0.1, -0.05) is 11.6 Å². The van der Waals surface area contributed by atoms with Crippen molar-refractivity contribution in [1.29, 1.82) is 0 Å². The van der Waals surface area contributed by atoms with Crippen LogP contribution in [0.1, 0.15) is 6.92 Å². The predicted molar refractivity (Wildman–Crippen MR) is 103 cm³/mol. The maximum absolute atomic E-state index is 13.1. The van der Waals surface area contributed by atoms with Crippen molar-refractivity contribution in [2.75, 3.05) is 23.7 Å². The number of ether oxygens (including phenoxy) is 1. The quantitative estimate of drug-likeness (QED) is 0.674. The third-order valence-electron chi connectivity index (χ3n) is 3.65. The second-order valence-electron chi connectivity index (χ2n) is 5.80. The van der Waals surface area contributed by atoms with Crippen LogP contribution in [0.5, 0.6) is 5.75 Å². The minimum absolute atomic E-state index is 0.187. The van der Waals surface area contributed by atoms with Crippen LogP contribution in [0.2, 0.25) is 5.02 Å². The van der Waals surface area contributed by atoms with Crippen molar-refractivity contribution in [2.45, 2.75) is 13.0 Å². The summed E-state index contributed by atoms with van der Waals surface area (Å²) in [7, 11) is -3.75. The van der Waals surface area contributed by atoms with Gasteiger partial charge < -0.3 is 10.1 Å². The van der Waals surface area contributed by atoms with Crippen molar-refractivity contribution < 1.29 is 22.3 Å². The van der Waals surface area contributed by atoms with E-state index in [1.807, 2.05) is 0 Å². The molecule has 146 valence electrons. The number of anilines is 1. The van der Waals surface area contributed by atoms with E-state index in [0.29, 0.717) is 10.8 Å². The van der Waals surface area contributed by atoms with E-state index < -0.39 is 27.8 Å². The third-order valence-corrected chi connectivity index (χ3v) is 5.15. The lowest BCUT2D eigenvalue weighted by Gasteiger charge is -2.28. The fourth-order valence-corrected chi connectivity index (χ4v) is 3.72. The third kappa shape index (κ3) is 6.11. The highest BCUT2D eigenvalue weighted by Gasteiger charge is 2.28. The second kappa shape index (κ2) is 9.05. The van der Waals surface area contributed by atoms with E-state index in [2.05, 4.69) is 5.32 Å². The molecule has 0 bridgehead atoms. The maximum Gasteiger partial charge on any atom is 0.243 e. The van der Waals surface area contributed by atoms with Crippen LogP contribution in [-0.4, -0.2) is 39.8 Å². The van der Waals surface area contributed by atoms with Gasteiger partial charge in [-0.05, 0) is 55.5 Å². The van der Waals surface area contributed by atoms with Gasteiger partial charge in [-0.2, -0.15) is 0 Å². The molecule has 9 heteroatoms. The molecule has 0 heterocycles. The summed E-state index contributed by atoms with van der Waals surface area (Å²) in [6.07, 6.45) is 0.990. The summed E-state index contributed by atoms with van der Waals surface area (Å²) in [5.74, 6) is -0.390. The first kappa shape index (κ1) is 21.0. The largest absolute Gasteiger partial charge is 0.492 e. The van der Waals surface area contributed by atoms with E-state index in [4.69, 9.17) is 16.3 Å². The zero-order chi connectivity index (χ0) is 20.0. The molecule has 1 atom stereocenters. The highest BCUT2D eigenvalue weighted by molar-refractivity contribution is 7.92. The molecule has 0 aliphatic heterocycles. The molecule has 0 aliphatic carbocycles. The average molecular weight is 415 g/mol. The highest BCUT2D eigenvalue weighted by atomic mass is 35.5.